The first-order valence-corrected chi connectivity index (χ1v) is 6.96. The lowest BCUT2D eigenvalue weighted by atomic mass is 10.0. The number of aromatic nitrogens is 2. The molecule has 0 spiro atoms. The van der Waals surface area contributed by atoms with E-state index in [-0.39, 0.29) is 0 Å². The Kier molecular flexibility index (Phi) is 3.21. The molecule has 0 bridgehead atoms. The fourth-order valence-electron chi connectivity index (χ4n) is 2.20. The molecule has 0 saturated heterocycles. The predicted molar refractivity (Wildman–Crippen MR) is 75.2 cm³/mol. The molecular formula is C13H9BrClN3O. The summed E-state index contributed by atoms with van der Waals surface area (Å²) >= 11 is 9.68. The van der Waals surface area contributed by atoms with Crippen LogP contribution in [-0.4, -0.2) is 16.4 Å². The molecule has 2 aromatic rings. The van der Waals surface area contributed by atoms with E-state index < -0.39 is 0 Å². The van der Waals surface area contributed by atoms with E-state index >= 15 is 0 Å². The van der Waals surface area contributed by atoms with Gasteiger partial charge in [0.2, 0.25) is 0 Å². The van der Waals surface area contributed by atoms with Crippen LogP contribution in [0.15, 0.2) is 22.8 Å². The first-order chi connectivity index (χ1) is 9.22. The van der Waals surface area contributed by atoms with Crippen LogP contribution in [0.3, 0.4) is 0 Å². The molecule has 0 saturated carbocycles. The number of rotatable bonds is 0. The van der Waals surface area contributed by atoms with Gasteiger partial charge < -0.3 is 4.74 Å². The van der Waals surface area contributed by atoms with E-state index in [2.05, 4.69) is 27.1 Å². The second-order valence-electron chi connectivity index (χ2n) is 4.18. The first kappa shape index (κ1) is 12.5. The van der Waals surface area contributed by atoms with Crippen molar-refractivity contribution in [3.8, 4) is 23.1 Å². The van der Waals surface area contributed by atoms with Gasteiger partial charge in [-0.2, -0.15) is 10.4 Å². The minimum Gasteiger partial charge on any atom is -0.491 e. The summed E-state index contributed by atoms with van der Waals surface area (Å²) in [5.41, 5.74) is 2.08. The SMILES string of the molecule is N#Cc1ccc(Cl)c2c1-c1c(Br)cnn1CCCO2. The van der Waals surface area contributed by atoms with Gasteiger partial charge in [-0.25, -0.2) is 0 Å². The van der Waals surface area contributed by atoms with Crippen molar-refractivity contribution in [2.45, 2.75) is 13.0 Å². The Bertz CT molecular complexity index is 690. The number of fused-ring (bicyclic) bond motifs is 3. The van der Waals surface area contributed by atoms with Crippen LogP contribution < -0.4 is 4.74 Å². The molecule has 0 amide bonds. The normalized spacial score (nSPS) is 13.5. The Balaban J connectivity index is 2.38. The van der Waals surface area contributed by atoms with E-state index in [9.17, 15) is 5.26 Å². The van der Waals surface area contributed by atoms with Crippen LogP contribution in [-0.2, 0) is 6.54 Å². The van der Waals surface area contributed by atoms with E-state index in [0.717, 1.165) is 23.1 Å². The van der Waals surface area contributed by atoms with Gasteiger partial charge in [0.25, 0.3) is 0 Å². The van der Waals surface area contributed by atoms with Crippen LogP contribution in [0.2, 0.25) is 5.02 Å². The van der Waals surface area contributed by atoms with Crippen molar-refractivity contribution in [2.75, 3.05) is 6.61 Å². The van der Waals surface area contributed by atoms with Gasteiger partial charge in [0.15, 0.2) is 0 Å². The van der Waals surface area contributed by atoms with E-state index in [1.807, 2.05) is 4.68 Å². The molecule has 0 fully saturated rings. The van der Waals surface area contributed by atoms with Crippen LogP contribution in [0, 0.1) is 11.3 Å². The van der Waals surface area contributed by atoms with E-state index in [0.29, 0.717) is 28.5 Å². The average Bonchev–Trinajstić information content (AvgIpc) is 2.73. The van der Waals surface area contributed by atoms with Crippen LogP contribution in [0.4, 0.5) is 0 Å². The number of ether oxygens (including phenoxy) is 1. The Labute approximate surface area is 123 Å². The topological polar surface area (TPSA) is 50.8 Å². The quantitative estimate of drug-likeness (QED) is 0.737. The Morgan fingerprint density at radius 1 is 1.47 bits per heavy atom. The lowest BCUT2D eigenvalue weighted by Crippen LogP contribution is -2.12. The third-order valence-electron chi connectivity index (χ3n) is 3.02. The summed E-state index contributed by atoms with van der Waals surface area (Å²) in [6.07, 6.45) is 2.57. The summed E-state index contributed by atoms with van der Waals surface area (Å²) in [5.74, 6) is 0.558. The van der Waals surface area contributed by atoms with Crippen molar-refractivity contribution in [1.29, 1.82) is 5.26 Å². The van der Waals surface area contributed by atoms with E-state index in [4.69, 9.17) is 16.3 Å². The van der Waals surface area contributed by atoms with Crippen molar-refractivity contribution in [3.05, 3.63) is 33.4 Å². The van der Waals surface area contributed by atoms with Crippen molar-refractivity contribution < 1.29 is 4.74 Å². The van der Waals surface area contributed by atoms with E-state index in [1.165, 1.54) is 0 Å². The molecule has 19 heavy (non-hydrogen) atoms. The van der Waals surface area contributed by atoms with Gasteiger partial charge in [-0.15, -0.1) is 0 Å². The largest absolute Gasteiger partial charge is 0.491 e. The molecule has 4 nitrogen and oxygen atoms in total. The van der Waals surface area contributed by atoms with Crippen LogP contribution in [0.5, 0.6) is 5.75 Å². The molecule has 1 aliphatic rings. The minimum atomic E-state index is 0.510. The van der Waals surface area contributed by atoms with Gasteiger partial charge in [-0.1, -0.05) is 11.6 Å². The van der Waals surface area contributed by atoms with E-state index in [1.54, 1.807) is 18.3 Å². The number of nitriles is 1. The summed E-state index contributed by atoms with van der Waals surface area (Å²) in [7, 11) is 0. The molecule has 2 heterocycles. The molecule has 1 aliphatic heterocycles. The summed E-state index contributed by atoms with van der Waals surface area (Å²) in [4.78, 5) is 0. The summed E-state index contributed by atoms with van der Waals surface area (Å²) in [5, 5.41) is 14.1. The Morgan fingerprint density at radius 3 is 3.11 bits per heavy atom. The maximum Gasteiger partial charge on any atom is 0.148 e. The maximum atomic E-state index is 9.31. The number of nitrogens with zero attached hydrogens (tertiary/aromatic N) is 3. The van der Waals surface area contributed by atoms with Crippen molar-refractivity contribution >= 4 is 27.5 Å². The molecule has 0 radical (unpaired) electrons. The molecule has 1 aromatic heterocycles. The second-order valence-corrected chi connectivity index (χ2v) is 5.44. The Hall–Kier alpha value is -1.51. The zero-order valence-corrected chi connectivity index (χ0v) is 12.2. The molecule has 3 rings (SSSR count). The molecule has 0 atom stereocenters. The lowest BCUT2D eigenvalue weighted by molar-refractivity contribution is 0.295. The van der Waals surface area contributed by atoms with Gasteiger partial charge in [0, 0.05) is 13.0 Å². The highest BCUT2D eigenvalue weighted by Gasteiger charge is 2.23. The maximum absolute atomic E-state index is 9.31. The average molecular weight is 339 g/mol. The van der Waals surface area contributed by atoms with Crippen LogP contribution >= 0.6 is 27.5 Å². The molecule has 96 valence electrons. The molecule has 1 aromatic carbocycles. The second kappa shape index (κ2) is 4.87. The highest BCUT2D eigenvalue weighted by Crippen LogP contribution is 2.42. The number of aryl methyl sites for hydroxylation is 1. The number of benzene rings is 1. The standard InChI is InChI=1S/C13H9BrClN3O/c14-9-7-17-18-4-1-5-19-13-10(15)3-2-8(6-16)11(13)12(9)18/h2-3,7H,1,4-5H2. The first-order valence-electron chi connectivity index (χ1n) is 5.79. The van der Waals surface area contributed by atoms with Gasteiger partial charge in [0.05, 0.1) is 45.2 Å². The summed E-state index contributed by atoms with van der Waals surface area (Å²) in [6, 6.07) is 5.58. The van der Waals surface area contributed by atoms with Gasteiger partial charge >= 0.3 is 0 Å². The van der Waals surface area contributed by atoms with Gasteiger partial charge in [-0.05, 0) is 28.1 Å². The highest BCUT2D eigenvalue weighted by atomic mass is 79.9. The zero-order chi connectivity index (χ0) is 13.4. The monoisotopic (exact) mass is 337 g/mol. The fourth-order valence-corrected chi connectivity index (χ4v) is 2.90. The Morgan fingerprint density at radius 2 is 2.32 bits per heavy atom. The molecule has 0 N–H and O–H groups in total. The van der Waals surface area contributed by atoms with Crippen molar-refractivity contribution in [2.24, 2.45) is 0 Å². The minimum absolute atomic E-state index is 0.510. The summed E-state index contributed by atoms with van der Waals surface area (Å²) in [6.45, 7) is 1.30. The van der Waals surface area contributed by atoms with Crippen LogP contribution in [0.1, 0.15) is 12.0 Å². The number of halogens is 2. The number of hydrogen-bond donors (Lipinski definition) is 0. The molecular weight excluding hydrogens is 330 g/mol. The number of hydrogen-bond acceptors (Lipinski definition) is 3. The third kappa shape index (κ3) is 2.01. The van der Waals surface area contributed by atoms with Gasteiger partial charge in [-0.3, -0.25) is 4.68 Å². The molecule has 6 heteroatoms. The third-order valence-corrected chi connectivity index (χ3v) is 3.90. The van der Waals surface area contributed by atoms with Crippen molar-refractivity contribution in [1.82, 2.24) is 9.78 Å². The molecule has 0 unspecified atom stereocenters. The predicted octanol–water partition coefficient (Wildman–Crippen LogP) is 3.62. The zero-order valence-electron chi connectivity index (χ0n) is 9.86. The smallest absolute Gasteiger partial charge is 0.148 e. The van der Waals surface area contributed by atoms with Crippen molar-refractivity contribution in [3.63, 3.8) is 0 Å². The van der Waals surface area contributed by atoms with Crippen LogP contribution in [0.25, 0.3) is 11.3 Å². The summed E-state index contributed by atoms with van der Waals surface area (Å²) < 4.78 is 8.45. The lowest BCUT2D eigenvalue weighted by Gasteiger charge is -2.19. The molecule has 0 aliphatic carbocycles. The van der Waals surface area contributed by atoms with Gasteiger partial charge in [0.1, 0.15) is 5.75 Å². The highest BCUT2D eigenvalue weighted by molar-refractivity contribution is 9.10. The fraction of sp³-hybridized carbons (Fsp3) is 0.231.